The molecule has 0 unspecified atom stereocenters. The highest BCUT2D eigenvalue weighted by Gasteiger charge is 2.35. The molecule has 8 heteroatoms. The van der Waals surface area contributed by atoms with Gasteiger partial charge in [-0.1, -0.05) is 18.2 Å². The van der Waals surface area contributed by atoms with Gasteiger partial charge in [-0.2, -0.15) is 0 Å². The van der Waals surface area contributed by atoms with Crippen molar-refractivity contribution in [1.82, 2.24) is 15.1 Å². The fourth-order valence-electron chi connectivity index (χ4n) is 3.73. The Bertz CT molecular complexity index is 1040. The number of nitrogens with zero attached hydrogens (tertiary/aromatic N) is 2. The van der Waals surface area contributed by atoms with Crippen LogP contribution in [0.15, 0.2) is 42.5 Å². The van der Waals surface area contributed by atoms with Gasteiger partial charge in [-0.3, -0.25) is 24.1 Å². The summed E-state index contributed by atoms with van der Waals surface area (Å²) in [6, 6.07) is 11.7. The van der Waals surface area contributed by atoms with E-state index in [0.717, 1.165) is 0 Å². The van der Waals surface area contributed by atoms with Crippen LogP contribution in [0.25, 0.3) is 0 Å². The number of imide groups is 1. The van der Waals surface area contributed by atoms with E-state index < -0.39 is 0 Å². The van der Waals surface area contributed by atoms with Gasteiger partial charge in [-0.05, 0) is 57.5 Å². The van der Waals surface area contributed by atoms with E-state index in [1.54, 1.807) is 49.4 Å². The molecule has 1 heterocycles. The van der Waals surface area contributed by atoms with Crippen LogP contribution in [0, 0.1) is 0 Å². The van der Waals surface area contributed by atoms with Gasteiger partial charge in [-0.25, -0.2) is 0 Å². The molecule has 0 radical (unpaired) electrons. The van der Waals surface area contributed by atoms with Crippen LogP contribution >= 0.6 is 0 Å². The molecule has 0 aromatic heterocycles. The maximum Gasteiger partial charge on any atom is 0.261 e. The fourth-order valence-corrected chi connectivity index (χ4v) is 3.73. The Morgan fingerprint density at radius 1 is 1.03 bits per heavy atom. The molecule has 0 aliphatic carbocycles. The van der Waals surface area contributed by atoms with Crippen molar-refractivity contribution < 1.29 is 23.9 Å². The number of hydrogen-bond acceptors (Lipinski definition) is 5. The second-order valence-corrected chi connectivity index (χ2v) is 8.05. The molecular weight excluding hydrogens is 422 g/mol. The molecule has 3 rings (SSSR count). The summed E-state index contributed by atoms with van der Waals surface area (Å²) >= 11 is 0. The van der Waals surface area contributed by atoms with Gasteiger partial charge < -0.3 is 15.0 Å². The van der Waals surface area contributed by atoms with Gasteiger partial charge in [0.1, 0.15) is 5.75 Å². The third-order valence-electron chi connectivity index (χ3n) is 5.25. The van der Waals surface area contributed by atoms with Gasteiger partial charge in [0, 0.05) is 12.6 Å². The molecule has 0 fully saturated rings. The molecule has 174 valence electrons. The van der Waals surface area contributed by atoms with Crippen molar-refractivity contribution in [2.45, 2.75) is 40.3 Å². The van der Waals surface area contributed by atoms with Crippen LogP contribution < -0.4 is 10.1 Å². The molecule has 0 atom stereocenters. The number of fused-ring (bicyclic) bond motifs is 1. The Morgan fingerprint density at radius 2 is 1.67 bits per heavy atom. The molecule has 2 aromatic rings. The average Bonchev–Trinajstić information content (AvgIpc) is 3.02. The number of hydrogen-bond donors (Lipinski definition) is 1. The third-order valence-corrected chi connectivity index (χ3v) is 5.25. The standard InChI is InChI=1S/C25H29N3O5/c1-5-27(15-22(29)26-16(3)4)23(30)20-13-17(11-12-21(20)33-6-2)14-28-24(31)18-9-7-8-10-19(18)25(28)32/h7-13,16H,5-6,14-15H2,1-4H3,(H,26,29). The molecule has 1 aliphatic rings. The first-order chi connectivity index (χ1) is 15.8. The highest BCUT2D eigenvalue weighted by molar-refractivity contribution is 6.21. The first kappa shape index (κ1) is 24.0. The van der Waals surface area contributed by atoms with Gasteiger partial charge in [0.2, 0.25) is 5.91 Å². The predicted molar refractivity (Wildman–Crippen MR) is 123 cm³/mol. The summed E-state index contributed by atoms with van der Waals surface area (Å²) in [4.78, 5) is 53.6. The van der Waals surface area contributed by atoms with E-state index >= 15 is 0 Å². The zero-order valence-electron chi connectivity index (χ0n) is 19.4. The number of nitrogens with one attached hydrogen (secondary N) is 1. The third kappa shape index (κ3) is 5.22. The highest BCUT2D eigenvalue weighted by Crippen LogP contribution is 2.27. The van der Waals surface area contributed by atoms with Crippen molar-refractivity contribution in [3.63, 3.8) is 0 Å². The Morgan fingerprint density at radius 3 is 2.21 bits per heavy atom. The summed E-state index contributed by atoms with van der Waals surface area (Å²) in [5.41, 5.74) is 1.64. The summed E-state index contributed by atoms with van der Waals surface area (Å²) < 4.78 is 5.64. The zero-order valence-corrected chi connectivity index (χ0v) is 19.4. The maximum atomic E-state index is 13.3. The van der Waals surface area contributed by atoms with Crippen molar-refractivity contribution >= 4 is 23.6 Å². The monoisotopic (exact) mass is 451 g/mol. The zero-order chi connectivity index (χ0) is 24.1. The van der Waals surface area contributed by atoms with Gasteiger partial charge in [-0.15, -0.1) is 0 Å². The van der Waals surface area contributed by atoms with Crippen LogP contribution in [0.1, 0.15) is 64.3 Å². The van der Waals surface area contributed by atoms with Crippen molar-refractivity contribution in [2.24, 2.45) is 0 Å². The minimum absolute atomic E-state index is 0.0268. The van der Waals surface area contributed by atoms with Crippen LogP contribution in [0.3, 0.4) is 0 Å². The summed E-state index contributed by atoms with van der Waals surface area (Å²) in [6.45, 7) is 7.95. The van der Waals surface area contributed by atoms with Crippen LogP contribution in [0.5, 0.6) is 5.75 Å². The second-order valence-electron chi connectivity index (χ2n) is 8.05. The molecule has 1 N–H and O–H groups in total. The number of benzene rings is 2. The number of rotatable bonds is 9. The van der Waals surface area contributed by atoms with Crippen LogP contribution in [0.2, 0.25) is 0 Å². The predicted octanol–water partition coefficient (Wildman–Crippen LogP) is 2.87. The summed E-state index contributed by atoms with van der Waals surface area (Å²) in [7, 11) is 0. The largest absolute Gasteiger partial charge is 0.493 e. The molecule has 1 aliphatic heterocycles. The molecule has 4 amide bonds. The minimum Gasteiger partial charge on any atom is -0.493 e. The van der Waals surface area contributed by atoms with E-state index in [4.69, 9.17) is 4.74 Å². The van der Waals surface area contributed by atoms with Gasteiger partial charge in [0.05, 0.1) is 36.4 Å². The fraction of sp³-hybridized carbons (Fsp3) is 0.360. The molecule has 8 nitrogen and oxygen atoms in total. The molecule has 0 saturated heterocycles. The van der Waals surface area contributed by atoms with Crippen molar-refractivity contribution in [3.05, 3.63) is 64.7 Å². The SMILES string of the molecule is CCOc1ccc(CN2C(=O)c3ccccc3C2=O)cc1C(=O)N(CC)CC(=O)NC(C)C. The van der Waals surface area contributed by atoms with E-state index in [9.17, 15) is 19.2 Å². The lowest BCUT2D eigenvalue weighted by Gasteiger charge is -2.23. The number of amides is 4. The molecule has 0 bridgehead atoms. The maximum absolute atomic E-state index is 13.3. The summed E-state index contributed by atoms with van der Waals surface area (Å²) in [6.07, 6.45) is 0. The van der Waals surface area contributed by atoms with Gasteiger partial charge in [0.25, 0.3) is 17.7 Å². The van der Waals surface area contributed by atoms with Gasteiger partial charge in [0.15, 0.2) is 0 Å². The van der Waals surface area contributed by atoms with E-state index in [-0.39, 0.29) is 48.3 Å². The normalized spacial score (nSPS) is 12.7. The Hall–Kier alpha value is -3.68. The molecular formula is C25H29N3O5. The lowest BCUT2D eigenvalue weighted by atomic mass is 10.1. The number of carbonyl (C=O) groups excluding carboxylic acids is 4. The Kier molecular flexibility index (Phi) is 7.48. The molecule has 33 heavy (non-hydrogen) atoms. The highest BCUT2D eigenvalue weighted by atomic mass is 16.5. The Balaban J connectivity index is 1.86. The Labute approximate surface area is 193 Å². The van der Waals surface area contributed by atoms with Crippen molar-refractivity contribution in [1.29, 1.82) is 0 Å². The number of carbonyl (C=O) groups is 4. The lowest BCUT2D eigenvalue weighted by molar-refractivity contribution is -0.122. The van der Waals surface area contributed by atoms with Crippen LogP contribution in [-0.2, 0) is 11.3 Å². The van der Waals surface area contributed by atoms with E-state index in [1.807, 2.05) is 20.8 Å². The van der Waals surface area contributed by atoms with Crippen LogP contribution in [0.4, 0.5) is 0 Å². The van der Waals surface area contributed by atoms with E-state index in [2.05, 4.69) is 5.32 Å². The van der Waals surface area contributed by atoms with Crippen molar-refractivity contribution in [3.8, 4) is 5.75 Å². The summed E-state index contributed by atoms with van der Waals surface area (Å²) in [5.74, 6) is -0.948. The average molecular weight is 452 g/mol. The number of ether oxygens (including phenoxy) is 1. The van der Waals surface area contributed by atoms with Crippen molar-refractivity contribution in [2.75, 3.05) is 19.7 Å². The molecule has 0 saturated carbocycles. The second kappa shape index (κ2) is 10.3. The first-order valence-electron chi connectivity index (χ1n) is 11.1. The molecule has 0 spiro atoms. The van der Waals surface area contributed by atoms with E-state index in [0.29, 0.717) is 35.6 Å². The quantitative estimate of drug-likeness (QED) is 0.592. The first-order valence-corrected chi connectivity index (χ1v) is 11.1. The van der Waals surface area contributed by atoms with Crippen LogP contribution in [-0.4, -0.2) is 59.2 Å². The minimum atomic E-state index is -0.363. The number of likely N-dealkylation sites (N-methyl/N-ethyl adjacent to an activating group) is 1. The van der Waals surface area contributed by atoms with E-state index in [1.165, 1.54) is 9.80 Å². The topological polar surface area (TPSA) is 96.0 Å². The van der Waals surface area contributed by atoms with Gasteiger partial charge >= 0.3 is 0 Å². The summed E-state index contributed by atoms with van der Waals surface area (Å²) in [5, 5.41) is 2.79. The smallest absolute Gasteiger partial charge is 0.261 e. The molecule has 2 aromatic carbocycles. The lowest BCUT2D eigenvalue weighted by Crippen LogP contribution is -2.42.